The molecule has 9 heteroatoms. The van der Waals surface area contributed by atoms with Crippen LogP contribution in [0.25, 0.3) is 0 Å². The molecule has 0 aromatic heterocycles. The Labute approximate surface area is 145 Å². The molecule has 0 fully saturated rings. The average Bonchev–Trinajstić information content (AvgIpc) is 2.49. The van der Waals surface area contributed by atoms with E-state index in [1.807, 2.05) is 0 Å². The summed E-state index contributed by atoms with van der Waals surface area (Å²) in [5.74, 6) is -0.605. The van der Waals surface area contributed by atoms with E-state index in [-0.39, 0.29) is 16.3 Å². The second kappa shape index (κ2) is 7.41. The van der Waals surface area contributed by atoms with Crippen molar-refractivity contribution in [2.75, 3.05) is 0 Å². The normalized spacial score (nSPS) is 10.7. The number of nitrogens with zero attached hydrogens (tertiary/aromatic N) is 2. The molecule has 118 valence electrons. The summed E-state index contributed by atoms with van der Waals surface area (Å²) >= 11 is 17.6. The lowest BCUT2D eigenvalue weighted by Gasteiger charge is -2.03. The lowest BCUT2D eigenvalue weighted by atomic mass is 10.2. The molecule has 2 aromatic carbocycles. The zero-order chi connectivity index (χ0) is 17.0. The van der Waals surface area contributed by atoms with Crippen LogP contribution < -0.4 is 5.43 Å². The molecule has 0 unspecified atom stereocenters. The standard InChI is InChI=1S/C14H8Cl3N3O3/c15-9-2-1-8(12(16)5-9)7-18-19-14(21)11-4-3-10(20(22)23)6-13(11)17/h1-7H,(H,19,21)/b18-7-. The molecule has 1 amide bonds. The number of benzene rings is 2. The molecule has 0 spiro atoms. The van der Waals surface area contributed by atoms with Gasteiger partial charge in [-0.15, -0.1) is 0 Å². The van der Waals surface area contributed by atoms with Gasteiger partial charge in [-0.3, -0.25) is 14.9 Å². The van der Waals surface area contributed by atoms with Crippen LogP contribution in [-0.2, 0) is 0 Å². The zero-order valence-corrected chi connectivity index (χ0v) is 13.6. The van der Waals surface area contributed by atoms with Gasteiger partial charge in [-0.25, -0.2) is 5.43 Å². The highest BCUT2D eigenvalue weighted by Crippen LogP contribution is 2.22. The molecule has 6 nitrogen and oxygen atoms in total. The predicted octanol–water partition coefficient (Wildman–Crippen LogP) is 4.32. The highest BCUT2D eigenvalue weighted by Gasteiger charge is 2.14. The van der Waals surface area contributed by atoms with E-state index in [2.05, 4.69) is 10.5 Å². The second-order valence-corrected chi connectivity index (χ2v) is 5.54. The van der Waals surface area contributed by atoms with Crippen molar-refractivity contribution in [1.29, 1.82) is 0 Å². The van der Waals surface area contributed by atoms with Gasteiger partial charge in [-0.05, 0) is 18.2 Å². The van der Waals surface area contributed by atoms with E-state index in [1.54, 1.807) is 18.2 Å². The number of non-ortho nitro benzene ring substituents is 1. The molecule has 0 saturated heterocycles. The van der Waals surface area contributed by atoms with Crippen LogP contribution in [-0.4, -0.2) is 17.0 Å². The third kappa shape index (κ3) is 4.41. The first kappa shape index (κ1) is 17.2. The fraction of sp³-hybridized carbons (Fsp3) is 0. The molecule has 0 aliphatic heterocycles. The summed E-state index contributed by atoms with van der Waals surface area (Å²) in [5, 5.41) is 15.2. The number of nitro groups is 1. The first-order valence-electron chi connectivity index (χ1n) is 6.11. The van der Waals surface area contributed by atoms with Gasteiger partial charge in [0, 0.05) is 22.7 Å². The van der Waals surface area contributed by atoms with Crippen molar-refractivity contribution in [2.45, 2.75) is 0 Å². The molecule has 0 bridgehead atoms. The maximum Gasteiger partial charge on any atom is 0.272 e. The van der Waals surface area contributed by atoms with Gasteiger partial charge in [0.2, 0.25) is 0 Å². The number of hydrogen-bond donors (Lipinski definition) is 1. The third-order valence-corrected chi connectivity index (χ3v) is 3.62. The van der Waals surface area contributed by atoms with Gasteiger partial charge in [0.15, 0.2) is 0 Å². The van der Waals surface area contributed by atoms with E-state index in [0.29, 0.717) is 15.6 Å². The maximum atomic E-state index is 11.9. The van der Waals surface area contributed by atoms with Crippen molar-refractivity contribution < 1.29 is 9.72 Å². The Morgan fingerprint density at radius 2 is 1.87 bits per heavy atom. The topological polar surface area (TPSA) is 84.6 Å². The highest BCUT2D eigenvalue weighted by molar-refractivity contribution is 6.36. The minimum absolute atomic E-state index is 0.0450. The van der Waals surface area contributed by atoms with Crippen LogP contribution in [0.15, 0.2) is 41.5 Å². The predicted molar refractivity (Wildman–Crippen MR) is 89.6 cm³/mol. The van der Waals surface area contributed by atoms with Crippen molar-refractivity contribution in [3.05, 3.63) is 72.7 Å². The number of hydrazone groups is 1. The molecule has 23 heavy (non-hydrogen) atoms. The van der Waals surface area contributed by atoms with Crippen molar-refractivity contribution in [1.82, 2.24) is 5.43 Å². The number of carbonyl (C=O) groups is 1. The fourth-order valence-electron chi connectivity index (χ4n) is 1.63. The Hall–Kier alpha value is -2.15. The Kier molecular flexibility index (Phi) is 5.54. The lowest BCUT2D eigenvalue weighted by Crippen LogP contribution is -2.18. The number of amides is 1. The Balaban J connectivity index is 2.10. The highest BCUT2D eigenvalue weighted by atomic mass is 35.5. The Morgan fingerprint density at radius 3 is 2.48 bits per heavy atom. The van der Waals surface area contributed by atoms with Gasteiger partial charge < -0.3 is 0 Å². The van der Waals surface area contributed by atoms with Crippen molar-refractivity contribution in [3.8, 4) is 0 Å². The van der Waals surface area contributed by atoms with Gasteiger partial charge in [-0.1, -0.05) is 40.9 Å². The molecule has 0 saturated carbocycles. The van der Waals surface area contributed by atoms with Crippen LogP contribution in [0, 0.1) is 10.1 Å². The summed E-state index contributed by atoms with van der Waals surface area (Å²) < 4.78 is 0. The number of rotatable bonds is 4. The van der Waals surface area contributed by atoms with Gasteiger partial charge in [0.25, 0.3) is 11.6 Å². The van der Waals surface area contributed by atoms with E-state index in [1.165, 1.54) is 18.3 Å². The number of carbonyl (C=O) groups excluding carboxylic acids is 1. The maximum absolute atomic E-state index is 11.9. The Bertz CT molecular complexity index is 809. The van der Waals surface area contributed by atoms with E-state index in [4.69, 9.17) is 34.8 Å². The van der Waals surface area contributed by atoms with Crippen LogP contribution >= 0.6 is 34.8 Å². The first-order chi connectivity index (χ1) is 10.9. The summed E-state index contributed by atoms with van der Waals surface area (Å²) in [6.07, 6.45) is 1.34. The first-order valence-corrected chi connectivity index (χ1v) is 7.24. The average molecular weight is 373 g/mol. The zero-order valence-electron chi connectivity index (χ0n) is 11.3. The molecule has 1 N–H and O–H groups in total. The van der Waals surface area contributed by atoms with Gasteiger partial charge >= 0.3 is 0 Å². The monoisotopic (exact) mass is 371 g/mol. The molecule has 0 aliphatic carbocycles. The molecule has 0 heterocycles. The van der Waals surface area contributed by atoms with E-state index in [0.717, 1.165) is 6.07 Å². The number of nitro benzene ring substituents is 1. The van der Waals surface area contributed by atoms with E-state index in [9.17, 15) is 14.9 Å². The van der Waals surface area contributed by atoms with Crippen LogP contribution in [0.5, 0.6) is 0 Å². The molecule has 0 radical (unpaired) electrons. The SMILES string of the molecule is O=C(N/N=C\c1ccc(Cl)cc1Cl)c1ccc([N+](=O)[O-])cc1Cl. The van der Waals surface area contributed by atoms with Crippen molar-refractivity contribution >= 4 is 52.6 Å². The number of hydrogen-bond acceptors (Lipinski definition) is 4. The fourth-order valence-corrected chi connectivity index (χ4v) is 2.35. The third-order valence-electron chi connectivity index (χ3n) is 2.74. The molecular weight excluding hydrogens is 365 g/mol. The number of nitrogens with one attached hydrogen (secondary N) is 1. The van der Waals surface area contributed by atoms with Gasteiger partial charge in [0.1, 0.15) is 0 Å². The molecule has 2 aromatic rings. The largest absolute Gasteiger partial charge is 0.272 e. The van der Waals surface area contributed by atoms with Crippen LogP contribution in [0.4, 0.5) is 5.69 Å². The quantitative estimate of drug-likeness (QED) is 0.493. The van der Waals surface area contributed by atoms with Gasteiger partial charge in [-0.2, -0.15) is 5.10 Å². The van der Waals surface area contributed by atoms with Crippen molar-refractivity contribution in [3.63, 3.8) is 0 Å². The molecule has 2 rings (SSSR count). The summed E-state index contributed by atoms with van der Waals surface area (Å²) in [7, 11) is 0. The van der Waals surface area contributed by atoms with Crippen LogP contribution in [0.2, 0.25) is 15.1 Å². The summed E-state index contributed by atoms with van der Waals surface area (Å²) in [4.78, 5) is 22.0. The Morgan fingerprint density at radius 1 is 1.13 bits per heavy atom. The molecular formula is C14H8Cl3N3O3. The summed E-state index contributed by atoms with van der Waals surface area (Å²) in [5.41, 5.74) is 2.69. The van der Waals surface area contributed by atoms with Gasteiger partial charge in [0.05, 0.1) is 26.7 Å². The minimum atomic E-state index is -0.605. The molecule has 0 aliphatic rings. The summed E-state index contributed by atoms with van der Waals surface area (Å²) in [6.45, 7) is 0. The van der Waals surface area contributed by atoms with Crippen LogP contribution in [0.1, 0.15) is 15.9 Å². The molecule has 0 atom stereocenters. The number of halogens is 3. The van der Waals surface area contributed by atoms with E-state index >= 15 is 0 Å². The minimum Gasteiger partial charge on any atom is -0.267 e. The van der Waals surface area contributed by atoms with E-state index < -0.39 is 10.8 Å². The van der Waals surface area contributed by atoms with Crippen molar-refractivity contribution in [2.24, 2.45) is 5.10 Å². The summed E-state index contributed by atoms with van der Waals surface area (Å²) in [6, 6.07) is 8.33. The lowest BCUT2D eigenvalue weighted by molar-refractivity contribution is -0.384. The smallest absolute Gasteiger partial charge is 0.267 e. The second-order valence-electron chi connectivity index (χ2n) is 4.29. The van der Waals surface area contributed by atoms with Crippen LogP contribution in [0.3, 0.4) is 0 Å².